The largest absolute Gasteiger partial charge is 0.355 e. The molecule has 0 amide bonds. The minimum atomic E-state index is 0.394. The Morgan fingerprint density at radius 3 is 1.92 bits per heavy atom. The van der Waals surface area contributed by atoms with Crippen molar-refractivity contribution in [1.82, 2.24) is 4.90 Å². The number of aromatic nitrogens is 1. The SMILES string of the molecule is C[N+](C)(C)CCCN1C=CC(c2cc[n+](CCC[N+](C)(C)C)cc2)C=C1. The molecule has 0 saturated heterocycles. The van der Waals surface area contributed by atoms with Crippen molar-refractivity contribution in [2.24, 2.45) is 0 Å². The molecule has 0 aromatic carbocycles. The Morgan fingerprint density at radius 2 is 1.38 bits per heavy atom. The van der Waals surface area contributed by atoms with Gasteiger partial charge in [0.25, 0.3) is 0 Å². The summed E-state index contributed by atoms with van der Waals surface area (Å²) in [5, 5.41) is 0. The lowest BCUT2D eigenvalue weighted by Crippen LogP contribution is -2.39. The van der Waals surface area contributed by atoms with Gasteiger partial charge in [-0.15, -0.1) is 0 Å². The minimum absolute atomic E-state index is 0.394. The van der Waals surface area contributed by atoms with Gasteiger partial charge in [0.2, 0.25) is 0 Å². The molecule has 0 spiro atoms. The van der Waals surface area contributed by atoms with E-state index in [0.717, 1.165) is 22.1 Å². The third-order valence-electron chi connectivity index (χ3n) is 4.76. The zero-order valence-corrected chi connectivity index (χ0v) is 17.7. The van der Waals surface area contributed by atoms with E-state index in [4.69, 9.17) is 0 Å². The van der Waals surface area contributed by atoms with Crippen molar-refractivity contribution in [1.29, 1.82) is 0 Å². The maximum absolute atomic E-state index is 2.31. The fraction of sp³-hybridized carbons (Fsp3) is 0.591. The summed E-state index contributed by atoms with van der Waals surface area (Å²) in [4.78, 5) is 2.31. The number of rotatable bonds is 9. The van der Waals surface area contributed by atoms with E-state index in [1.807, 2.05) is 0 Å². The van der Waals surface area contributed by atoms with E-state index in [1.54, 1.807) is 0 Å². The van der Waals surface area contributed by atoms with Crippen LogP contribution in [0.2, 0.25) is 0 Å². The molecule has 1 aromatic rings. The van der Waals surface area contributed by atoms with Gasteiger partial charge in [0.1, 0.15) is 0 Å². The standard InChI is InChI=1S/C22H39N4/c1-25(2,3)19-7-13-23-15-9-21(10-16-23)22-11-17-24(18-12-22)14-8-20-26(4,5)6/h9-12,15-18,21H,7-8,13-14,19-20H2,1-6H3/q+3. The molecule has 4 heteroatoms. The molecule has 0 bridgehead atoms. The molecular formula is C22H39N4+3. The summed E-state index contributed by atoms with van der Waals surface area (Å²) in [6.07, 6.45) is 16.0. The lowest BCUT2D eigenvalue weighted by atomic mass is 9.99. The zero-order chi connectivity index (χ0) is 19.2. The normalized spacial score (nSPS) is 15.7. The summed E-state index contributed by atoms with van der Waals surface area (Å²) in [7, 11) is 13.5. The summed E-state index contributed by atoms with van der Waals surface area (Å²) in [6, 6.07) is 4.52. The Bertz CT molecular complexity index is 589. The molecule has 0 aliphatic carbocycles. The van der Waals surface area contributed by atoms with Crippen molar-refractivity contribution in [3.8, 4) is 0 Å². The number of aryl methyl sites for hydroxylation is 1. The van der Waals surface area contributed by atoms with Gasteiger partial charge >= 0.3 is 0 Å². The average molecular weight is 360 g/mol. The van der Waals surface area contributed by atoms with E-state index < -0.39 is 0 Å². The fourth-order valence-corrected chi connectivity index (χ4v) is 3.19. The summed E-state index contributed by atoms with van der Waals surface area (Å²) < 4.78 is 4.36. The van der Waals surface area contributed by atoms with Crippen molar-refractivity contribution < 1.29 is 13.5 Å². The van der Waals surface area contributed by atoms with Gasteiger partial charge < -0.3 is 13.9 Å². The van der Waals surface area contributed by atoms with Crippen LogP contribution in [0.25, 0.3) is 0 Å². The van der Waals surface area contributed by atoms with Crippen LogP contribution in [0.3, 0.4) is 0 Å². The minimum Gasteiger partial charge on any atom is -0.355 e. The molecule has 2 rings (SSSR count). The molecule has 144 valence electrons. The first kappa shape index (κ1) is 20.7. The van der Waals surface area contributed by atoms with Crippen molar-refractivity contribution in [3.05, 3.63) is 54.6 Å². The van der Waals surface area contributed by atoms with E-state index >= 15 is 0 Å². The second-order valence-electron chi connectivity index (χ2n) is 9.55. The van der Waals surface area contributed by atoms with Gasteiger partial charge in [0.05, 0.1) is 61.8 Å². The second kappa shape index (κ2) is 8.83. The highest BCUT2D eigenvalue weighted by Crippen LogP contribution is 2.21. The number of allylic oxidation sites excluding steroid dienone is 2. The van der Waals surface area contributed by atoms with Gasteiger partial charge in [0, 0.05) is 43.4 Å². The summed E-state index contributed by atoms with van der Waals surface area (Å²) >= 11 is 0. The van der Waals surface area contributed by atoms with Crippen molar-refractivity contribution >= 4 is 0 Å². The Balaban J connectivity index is 1.80. The molecule has 0 N–H and O–H groups in total. The topological polar surface area (TPSA) is 7.12 Å². The molecule has 1 aliphatic rings. The molecule has 0 unspecified atom stereocenters. The lowest BCUT2D eigenvalue weighted by molar-refractivity contribution is -0.873. The van der Waals surface area contributed by atoms with Crippen LogP contribution in [0.4, 0.5) is 0 Å². The second-order valence-corrected chi connectivity index (χ2v) is 9.55. The van der Waals surface area contributed by atoms with E-state index in [2.05, 4.69) is 101 Å². The molecule has 4 nitrogen and oxygen atoms in total. The van der Waals surface area contributed by atoms with Crippen LogP contribution in [0, 0.1) is 0 Å². The third-order valence-corrected chi connectivity index (χ3v) is 4.76. The summed E-state index contributed by atoms with van der Waals surface area (Å²) in [5.74, 6) is 0.394. The predicted molar refractivity (Wildman–Crippen MR) is 109 cm³/mol. The van der Waals surface area contributed by atoms with Crippen LogP contribution in [-0.4, -0.2) is 75.8 Å². The molecule has 1 aromatic heterocycles. The van der Waals surface area contributed by atoms with Gasteiger partial charge in [-0.05, 0) is 5.56 Å². The van der Waals surface area contributed by atoms with E-state index in [1.165, 1.54) is 31.5 Å². The maximum Gasteiger partial charge on any atom is 0.169 e. The predicted octanol–water partition coefficient (Wildman–Crippen LogP) is 2.59. The van der Waals surface area contributed by atoms with Gasteiger partial charge in [0.15, 0.2) is 18.9 Å². The Morgan fingerprint density at radius 1 is 0.846 bits per heavy atom. The highest BCUT2D eigenvalue weighted by molar-refractivity contribution is 5.28. The van der Waals surface area contributed by atoms with Crippen molar-refractivity contribution in [2.45, 2.75) is 25.3 Å². The first-order chi connectivity index (χ1) is 12.1. The first-order valence-electron chi connectivity index (χ1n) is 9.85. The zero-order valence-electron chi connectivity index (χ0n) is 17.7. The van der Waals surface area contributed by atoms with Crippen LogP contribution in [-0.2, 0) is 6.54 Å². The fourth-order valence-electron chi connectivity index (χ4n) is 3.19. The molecule has 0 saturated carbocycles. The summed E-state index contributed by atoms with van der Waals surface area (Å²) in [6.45, 7) is 4.59. The maximum atomic E-state index is 2.31. The van der Waals surface area contributed by atoms with Crippen molar-refractivity contribution in [2.75, 3.05) is 61.9 Å². The molecule has 2 heterocycles. The van der Waals surface area contributed by atoms with E-state index in [-0.39, 0.29) is 0 Å². The van der Waals surface area contributed by atoms with Crippen LogP contribution >= 0.6 is 0 Å². The first-order valence-corrected chi connectivity index (χ1v) is 9.85. The number of hydrogen-bond acceptors (Lipinski definition) is 1. The number of pyridine rings is 1. The Hall–Kier alpha value is -1.65. The highest BCUT2D eigenvalue weighted by Gasteiger charge is 2.13. The Labute approximate surface area is 160 Å². The number of hydrogen-bond donors (Lipinski definition) is 0. The van der Waals surface area contributed by atoms with Crippen LogP contribution in [0.15, 0.2) is 49.1 Å². The molecule has 0 radical (unpaired) electrons. The van der Waals surface area contributed by atoms with Gasteiger partial charge in [-0.2, -0.15) is 0 Å². The smallest absolute Gasteiger partial charge is 0.169 e. The number of quaternary nitrogens is 2. The Kier molecular flexibility index (Phi) is 7.01. The molecule has 26 heavy (non-hydrogen) atoms. The van der Waals surface area contributed by atoms with Crippen LogP contribution in [0.5, 0.6) is 0 Å². The van der Waals surface area contributed by atoms with Crippen molar-refractivity contribution in [3.63, 3.8) is 0 Å². The molecule has 0 fully saturated rings. The monoisotopic (exact) mass is 359 g/mol. The molecule has 1 aliphatic heterocycles. The van der Waals surface area contributed by atoms with Crippen LogP contribution < -0.4 is 4.57 Å². The van der Waals surface area contributed by atoms with Crippen LogP contribution in [0.1, 0.15) is 24.3 Å². The van der Waals surface area contributed by atoms with E-state index in [0.29, 0.717) is 5.92 Å². The van der Waals surface area contributed by atoms with E-state index in [9.17, 15) is 0 Å². The molecule has 0 atom stereocenters. The summed E-state index contributed by atoms with van der Waals surface area (Å²) in [5.41, 5.74) is 1.37. The third kappa shape index (κ3) is 7.71. The lowest BCUT2D eigenvalue weighted by Gasteiger charge is -2.26. The number of nitrogens with zero attached hydrogens (tertiary/aromatic N) is 4. The van der Waals surface area contributed by atoms with Gasteiger partial charge in [-0.3, -0.25) is 0 Å². The average Bonchev–Trinajstić information content (AvgIpc) is 2.54. The van der Waals surface area contributed by atoms with Gasteiger partial charge in [-0.1, -0.05) is 12.2 Å². The highest BCUT2D eigenvalue weighted by atomic mass is 15.3. The quantitative estimate of drug-likeness (QED) is 0.486. The van der Waals surface area contributed by atoms with Gasteiger partial charge in [-0.25, -0.2) is 4.57 Å². The molecular weight excluding hydrogens is 320 g/mol.